The molecule has 0 saturated heterocycles. The molecule has 0 spiro atoms. The quantitative estimate of drug-likeness (QED) is 0.592. The van der Waals surface area contributed by atoms with E-state index in [0.717, 1.165) is 30.8 Å². The van der Waals surface area contributed by atoms with Crippen LogP contribution < -0.4 is 0 Å². The molecule has 0 aromatic heterocycles. The molecule has 84 valence electrons. The average Bonchev–Trinajstić information content (AvgIpc) is 2.33. The Hall–Kier alpha value is -1.79. The predicted molar refractivity (Wildman–Crippen MR) is 59.8 cm³/mol. The van der Waals surface area contributed by atoms with Gasteiger partial charge in [0.1, 0.15) is 17.7 Å². The minimum Gasteiger partial charge on any atom is -0.198 e. The largest absolute Gasteiger partial charge is 0.198 e. The highest BCUT2D eigenvalue weighted by Gasteiger charge is 2.52. The SMILES string of the molecule is N#CC(C#N)=C1C2CC3CC(C2)[C@H](C#N)C1C3. The number of allylic oxidation sites excluding steroid dienone is 2. The summed E-state index contributed by atoms with van der Waals surface area (Å²) in [5, 5.41) is 27.4. The molecule has 4 bridgehead atoms. The average molecular weight is 223 g/mol. The van der Waals surface area contributed by atoms with Crippen LogP contribution in [-0.2, 0) is 0 Å². The van der Waals surface area contributed by atoms with Gasteiger partial charge in [-0.3, -0.25) is 0 Å². The monoisotopic (exact) mass is 223 g/mol. The lowest BCUT2D eigenvalue weighted by atomic mass is 9.49. The first kappa shape index (κ1) is 10.4. The molecule has 4 aliphatic carbocycles. The molecule has 4 fully saturated rings. The Bertz CT molecular complexity index is 495. The van der Waals surface area contributed by atoms with Gasteiger partial charge in [0, 0.05) is 0 Å². The van der Waals surface area contributed by atoms with Crippen molar-refractivity contribution in [3.05, 3.63) is 11.1 Å². The fourth-order valence-electron chi connectivity index (χ4n) is 4.42. The normalized spacial score (nSPS) is 41.5. The second-order valence-electron chi connectivity index (χ2n) is 5.58. The Morgan fingerprint density at radius 3 is 2.41 bits per heavy atom. The number of nitriles is 3. The summed E-state index contributed by atoms with van der Waals surface area (Å²) in [6, 6.07) is 6.49. The van der Waals surface area contributed by atoms with Crippen LogP contribution in [0.3, 0.4) is 0 Å². The molecule has 5 atom stereocenters. The van der Waals surface area contributed by atoms with Crippen LogP contribution in [0.5, 0.6) is 0 Å². The lowest BCUT2D eigenvalue weighted by molar-refractivity contribution is 0.0341. The van der Waals surface area contributed by atoms with Crippen molar-refractivity contribution in [1.29, 1.82) is 15.8 Å². The molecule has 4 aliphatic rings. The van der Waals surface area contributed by atoms with Gasteiger partial charge in [0.2, 0.25) is 0 Å². The van der Waals surface area contributed by atoms with Crippen LogP contribution in [0.15, 0.2) is 11.1 Å². The summed E-state index contributed by atoms with van der Waals surface area (Å²) in [7, 11) is 0. The minimum atomic E-state index is 0.0505. The maximum absolute atomic E-state index is 9.30. The van der Waals surface area contributed by atoms with Gasteiger partial charge in [-0.2, -0.15) is 15.8 Å². The molecule has 4 saturated carbocycles. The molecule has 0 aliphatic heterocycles. The van der Waals surface area contributed by atoms with E-state index in [4.69, 9.17) is 10.5 Å². The second-order valence-corrected chi connectivity index (χ2v) is 5.58. The van der Waals surface area contributed by atoms with Crippen LogP contribution in [0.2, 0.25) is 0 Å². The van der Waals surface area contributed by atoms with E-state index < -0.39 is 0 Å². The summed E-state index contributed by atoms with van der Waals surface area (Å²) in [5.74, 6) is 1.91. The van der Waals surface area contributed by atoms with Crippen molar-refractivity contribution in [2.45, 2.75) is 25.7 Å². The van der Waals surface area contributed by atoms with Crippen molar-refractivity contribution in [3.63, 3.8) is 0 Å². The summed E-state index contributed by atoms with van der Waals surface area (Å²) in [4.78, 5) is 0. The van der Waals surface area contributed by atoms with Crippen molar-refractivity contribution >= 4 is 0 Å². The Morgan fingerprint density at radius 1 is 1.00 bits per heavy atom. The van der Waals surface area contributed by atoms with Gasteiger partial charge >= 0.3 is 0 Å². The molecule has 0 radical (unpaired) electrons. The molecule has 4 unspecified atom stereocenters. The summed E-state index contributed by atoms with van der Waals surface area (Å²) < 4.78 is 0. The summed E-state index contributed by atoms with van der Waals surface area (Å²) in [6.07, 6.45) is 4.36. The molecule has 3 nitrogen and oxygen atoms in total. The van der Waals surface area contributed by atoms with Gasteiger partial charge in [0.05, 0.1) is 12.0 Å². The van der Waals surface area contributed by atoms with Gasteiger partial charge in [-0.1, -0.05) is 0 Å². The van der Waals surface area contributed by atoms with E-state index in [0.29, 0.717) is 17.4 Å². The van der Waals surface area contributed by atoms with Gasteiger partial charge in [-0.25, -0.2) is 0 Å². The molecule has 3 heteroatoms. The molecular weight excluding hydrogens is 210 g/mol. The van der Waals surface area contributed by atoms with Crippen LogP contribution in [0.1, 0.15) is 25.7 Å². The standard InChI is InChI=1S/C14H13N3/c15-5-11(6-16)14-10-2-8-1-9(4-10)13(7-17)12(14)3-8/h8-10,12-13H,1-4H2/t8?,9?,10?,12?,13-/m0/s1. The second kappa shape index (κ2) is 3.61. The van der Waals surface area contributed by atoms with E-state index in [1.54, 1.807) is 0 Å². The van der Waals surface area contributed by atoms with Gasteiger partial charge in [-0.05, 0) is 54.9 Å². The maximum atomic E-state index is 9.30. The number of nitrogens with zero attached hydrogens (tertiary/aromatic N) is 3. The van der Waals surface area contributed by atoms with Crippen molar-refractivity contribution in [1.82, 2.24) is 0 Å². The van der Waals surface area contributed by atoms with Gasteiger partial charge in [0.15, 0.2) is 0 Å². The first-order valence-electron chi connectivity index (χ1n) is 6.22. The highest BCUT2D eigenvalue weighted by molar-refractivity contribution is 5.45. The predicted octanol–water partition coefficient (Wildman–Crippen LogP) is 2.54. The first-order chi connectivity index (χ1) is 8.28. The topological polar surface area (TPSA) is 71.4 Å². The molecule has 0 heterocycles. The summed E-state index contributed by atoms with van der Waals surface area (Å²) in [5.41, 5.74) is 1.31. The van der Waals surface area contributed by atoms with Crippen LogP contribution >= 0.6 is 0 Å². The third kappa shape index (κ3) is 1.31. The minimum absolute atomic E-state index is 0.0505. The third-order valence-corrected chi connectivity index (χ3v) is 4.87. The third-order valence-electron chi connectivity index (χ3n) is 4.87. The van der Waals surface area contributed by atoms with Crippen molar-refractivity contribution < 1.29 is 0 Å². The Labute approximate surface area is 101 Å². The van der Waals surface area contributed by atoms with Crippen LogP contribution in [0, 0.1) is 63.6 Å². The van der Waals surface area contributed by atoms with Crippen molar-refractivity contribution in [2.24, 2.45) is 29.6 Å². The molecule has 0 N–H and O–H groups in total. The Balaban J connectivity index is 2.09. The van der Waals surface area contributed by atoms with E-state index in [2.05, 4.69) is 6.07 Å². The van der Waals surface area contributed by atoms with Crippen molar-refractivity contribution in [2.75, 3.05) is 0 Å². The fraction of sp³-hybridized carbons (Fsp3) is 0.643. The summed E-state index contributed by atoms with van der Waals surface area (Å²) >= 11 is 0. The van der Waals surface area contributed by atoms with Gasteiger partial charge in [0.25, 0.3) is 0 Å². The van der Waals surface area contributed by atoms with Crippen LogP contribution in [0.4, 0.5) is 0 Å². The molecular formula is C14H13N3. The highest BCUT2D eigenvalue weighted by Crippen LogP contribution is 2.59. The zero-order chi connectivity index (χ0) is 12.0. The summed E-state index contributed by atoms with van der Waals surface area (Å²) in [6.45, 7) is 0. The highest BCUT2D eigenvalue weighted by atomic mass is 14.6. The van der Waals surface area contributed by atoms with E-state index in [-0.39, 0.29) is 11.8 Å². The smallest absolute Gasteiger partial charge is 0.129 e. The lowest BCUT2D eigenvalue weighted by Crippen LogP contribution is -2.46. The molecule has 0 aromatic rings. The first-order valence-corrected chi connectivity index (χ1v) is 6.22. The number of hydrogen-bond acceptors (Lipinski definition) is 3. The zero-order valence-electron chi connectivity index (χ0n) is 9.56. The Morgan fingerprint density at radius 2 is 1.76 bits per heavy atom. The van der Waals surface area contributed by atoms with Crippen molar-refractivity contribution in [3.8, 4) is 18.2 Å². The van der Waals surface area contributed by atoms with E-state index in [1.807, 2.05) is 12.1 Å². The number of hydrogen-bond donors (Lipinski definition) is 0. The van der Waals surface area contributed by atoms with Gasteiger partial charge in [-0.15, -0.1) is 0 Å². The maximum Gasteiger partial charge on any atom is 0.129 e. The number of rotatable bonds is 0. The van der Waals surface area contributed by atoms with Crippen LogP contribution in [-0.4, -0.2) is 0 Å². The zero-order valence-corrected chi connectivity index (χ0v) is 9.56. The molecule has 0 aromatic carbocycles. The molecule has 0 amide bonds. The Kier molecular flexibility index (Phi) is 2.20. The van der Waals surface area contributed by atoms with Crippen LogP contribution in [0.25, 0.3) is 0 Å². The van der Waals surface area contributed by atoms with E-state index in [9.17, 15) is 5.26 Å². The van der Waals surface area contributed by atoms with E-state index in [1.165, 1.54) is 6.42 Å². The lowest BCUT2D eigenvalue weighted by Gasteiger charge is -2.53. The van der Waals surface area contributed by atoms with Gasteiger partial charge < -0.3 is 0 Å². The fourth-order valence-corrected chi connectivity index (χ4v) is 4.42. The molecule has 17 heavy (non-hydrogen) atoms. The molecule has 4 rings (SSSR count). The van der Waals surface area contributed by atoms with E-state index >= 15 is 0 Å².